The van der Waals surface area contributed by atoms with E-state index in [-0.39, 0.29) is 5.91 Å². The molecule has 4 nitrogen and oxygen atoms in total. The van der Waals surface area contributed by atoms with Crippen molar-refractivity contribution in [2.45, 2.75) is 51.5 Å². The van der Waals surface area contributed by atoms with Gasteiger partial charge in [-0.3, -0.25) is 9.48 Å². The van der Waals surface area contributed by atoms with Crippen molar-refractivity contribution in [1.29, 1.82) is 0 Å². The smallest absolute Gasteiger partial charge is 0.220 e. The zero-order valence-corrected chi connectivity index (χ0v) is 13.9. The second-order valence-electron chi connectivity index (χ2n) is 7.93. The van der Waals surface area contributed by atoms with Crippen molar-refractivity contribution in [3.63, 3.8) is 0 Å². The maximum absolute atomic E-state index is 12.5. The predicted octanol–water partition coefficient (Wildman–Crippen LogP) is 3.30. The van der Waals surface area contributed by atoms with E-state index in [1.807, 2.05) is 7.05 Å². The lowest BCUT2D eigenvalue weighted by atomic mass is 9.49. The van der Waals surface area contributed by atoms with E-state index in [1.54, 1.807) is 10.9 Å². The second kappa shape index (κ2) is 5.26. The van der Waals surface area contributed by atoms with Crippen molar-refractivity contribution in [3.8, 4) is 0 Å². The Hall–Kier alpha value is -1.03. The topological polar surface area (TPSA) is 46.9 Å². The Labute approximate surface area is 136 Å². The molecule has 120 valence electrons. The monoisotopic (exact) mass is 321 g/mol. The molecule has 4 fully saturated rings. The largest absolute Gasteiger partial charge is 0.350 e. The number of carbonyl (C=O) groups excluding carboxylic acids is 1. The van der Waals surface area contributed by atoms with Gasteiger partial charge < -0.3 is 5.32 Å². The lowest BCUT2D eigenvalue weighted by Gasteiger charge is -2.56. The van der Waals surface area contributed by atoms with Gasteiger partial charge in [-0.25, -0.2) is 0 Å². The minimum absolute atomic E-state index is 0.180. The van der Waals surface area contributed by atoms with Gasteiger partial charge in [0.1, 0.15) is 0 Å². The van der Waals surface area contributed by atoms with Crippen molar-refractivity contribution in [2.75, 3.05) is 0 Å². The van der Waals surface area contributed by atoms with Gasteiger partial charge in [0.25, 0.3) is 0 Å². The zero-order chi connectivity index (χ0) is 15.3. The Morgan fingerprint density at radius 2 is 1.91 bits per heavy atom. The first-order valence-electron chi connectivity index (χ1n) is 8.46. The van der Waals surface area contributed by atoms with Crippen LogP contribution in [0.15, 0.2) is 6.20 Å². The van der Waals surface area contributed by atoms with Gasteiger partial charge in [-0.1, -0.05) is 11.6 Å². The van der Waals surface area contributed by atoms with Crippen molar-refractivity contribution in [2.24, 2.45) is 30.2 Å². The van der Waals surface area contributed by atoms with Crippen LogP contribution in [0.1, 0.15) is 50.6 Å². The molecular formula is C17H24ClN3O. The molecule has 1 N–H and O–H groups in total. The molecule has 0 saturated heterocycles. The molecule has 1 aromatic heterocycles. The van der Waals surface area contributed by atoms with E-state index < -0.39 is 0 Å². The van der Waals surface area contributed by atoms with Gasteiger partial charge in [0.2, 0.25) is 5.91 Å². The Kier molecular flexibility index (Phi) is 3.48. The van der Waals surface area contributed by atoms with Crippen LogP contribution in [0.4, 0.5) is 0 Å². The first-order valence-corrected chi connectivity index (χ1v) is 8.84. The zero-order valence-electron chi connectivity index (χ0n) is 13.1. The second-order valence-corrected chi connectivity index (χ2v) is 8.34. The van der Waals surface area contributed by atoms with Gasteiger partial charge in [0, 0.05) is 13.5 Å². The number of rotatable bonds is 4. The highest BCUT2D eigenvalue weighted by Crippen LogP contribution is 2.61. The summed E-state index contributed by atoms with van der Waals surface area (Å²) in [6.07, 6.45) is 10.4. The van der Waals surface area contributed by atoms with Crippen LogP contribution in [0.2, 0.25) is 5.02 Å². The number of amides is 1. The standard InChI is InChI=1S/C17H24ClN3O/c1-21-15(14(18)9-20-21)10-19-16(22)8-17-5-11-2-12(6-17)4-13(3-11)7-17/h9,11-13H,2-8,10H2,1H3,(H,19,22). The number of halogens is 1. The number of hydrogen-bond donors (Lipinski definition) is 1. The molecule has 4 saturated carbocycles. The van der Waals surface area contributed by atoms with E-state index in [4.69, 9.17) is 11.6 Å². The molecule has 5 rings (SSSR count). The normalized spacial score (nSPS) is 35.8. The summed E-state index contributed by atoms with van der Waals surface area (Å²) in [4.78, 5) is 12.5. The average Bonchev–Trinajstić information content (AvgIpc) is 2.73. The van der Waals surface area contributed by atoms with E-state index in [0.717, 1.165) is 23.4 Å². The number of hydrogen-bond acceptors (Lipinski definition) is 2. The van der Waals surface area contributed by atoms with Crippen molar-refractivity contribution in [3.05, 3.63) is 16.9 Å². The molecule has 1 aromatic rings. The molecule has 0 aliphatic heterocycles. The summed E-state index contributed by atoms with van der Waals surface area (Å²) in [6.45, 7) is 0.473. The highest BCUT2D eigenvalue weighted by Gasteiger charge is 2.51. The van der Waals surface area contributed by atoms with Crippen LogP contribution in [0.3, 0.4) is 0 Å². The molecule has 0 radical (unpaired) electrons. The molecule has 0 unspecified atom stereocenters. The van der Waals surface area contributed by atoms with E-state index >= 15 is 0 Å². The Morgan fingerprint density at radius 1 is 1.32 bits per heavy atom. The van der Waals surface area contributed by atoms with Crippen LogP contribution < -0.4 is 5.32 Å². The van der Waals surface area contributed by atoms with E-state index in [2.05, 4.69) is 10.4 Å². The van der Waals surface area contributed by atoms with Crippen LogP contribution in [-0.4, -0.2) is 15.7 Å². The summed E-state index contributed by atoms with van der Waals surface area (Å²) < 4.78 is 1.73. The summed E-state index contributed by atoms with van der Waals surface area (Å²) in [6, 6.07) is 0. The summed E-state index contributed by atoms with van der Waals surface area (Å²) in [5.74, 6) is 2.86. The Balaban J connectivity index is 1.38. The van der Waals surface area contributed by atoms with Crippen molar-refractivity contribution >= 4 is 17.5 Å². The van der Waals surface area contributed by atoms with Crippen molar-refractivity contribution in [1.82, 2.24) is 15.1 Å². The van der Waals surface area contributed by atoms with Gasteiger partial charge in [-0.2, -0.15) is 5.10 Å². The summed E-state index contributed by atoms with van der Waals surface area (Å²) >= 11 is 6.09. The predicted molar refractivity (Wildman–Crippen MR) is 85.3 cm³/mol. The first kappa shape index (κ1) is 14.6. The Bertz CT molecular complexity index is 540. The maximum Gasteiger partial charge on any atom is 0.220 e. The van der Waals surface area contributed by atoms with Crippen LogP contribution >= 0.6 is 11.6 Å². The lowest BCUT2D eigenvalue weighted by Crippen LogP contribution is -2.48. The molecule has 0 atom stereocenters. The molecule has 0 aromatic carbocycles. The SMILES string of the molecule is Cn1ncc(Cl)c1CNC(=O)CC12CC3CC(CC(C3)C1)C2. The molecule has 4 bridgehead atoms. The van der Waals surface area contributed by atoms with Crippen LogP contribution in [-0.2, 0) is 18.4 Å². The van der Waals surface area contributed by atoms with Gasteiger partial charge >= 0.3 is 0 Å². The molecular weight excluding hydrogens is 298 g/mol. The minimum atomic E-state index is 0.180. The number of aromatic nitrogens is 2. The minimum Gasteiger partial charge on any atom is -0.350 e. The lowest BCUT2D eigenvalue weighted by molar-refractivity contribution is -0.129. The number of aryl methyl sites for hydroxylation is 1. The van der Waals surface area contributed by atoms with E-state index in [9.17, 15) is 4.79 Å². The third-order valence-corrected chi connectivity index (χ3v) is 6.48. The summed E-state index contributed by atoms with van der Waals surface area (Å²) in [7, 11) is 1.85. The van der Waals surface area contributed by atoms with E-state index in [1.165, 1.54) is 38.5 Å². The fourth-order valence-corrected chi connectivity index (χ4v) is 5.96. The van der Waals surface area contributed by atoms with Crippen molar-refractivity contribution < 1.29 is 4.79 Å². The fraction of sp³-hybridized carbons (Fsp3) is 0.765. The maximum atomic E-state index is 12.5. The molecule has 0 spiro atoms. The molecule has 1 heterocycles. The van der Waals surface area contributed by atoms with E-state index in [0.29, 0.717) is 23.4 Å². The number of carbonyl (C=O) groups is 1. The molecule has 1 amide bonds. The van der Waals surface area contributed by atoms with Crippen LogP contribution in [0.5, 0.6) is 0 Å². The highest BCUT2D eigenvalue weighted by molar-refractivity contribution is 6.31. The van der Waals surface area contributed by atoms with Gasteiger partial charge in [-0.15, -0.1) is 0 Å². The van der Waals surface area contributed by atoms with Crippen LogP contribution in [0, 0.1) is 23.2 Å². The molecule has 4 aliphatic rings. The molecule has 22 heavy (non-hydrogen) atoms. The van der Waals surface area contributed by atoms with Gasteiger partial charge in [0.15, 0.2) is 0 Å². The fourth-order valence-electron chi connectivity index (χ4n) is 5.73. The average molecular weight is 322 g/mol. The quantitative estimate of drug-likeness (QED) is 0.925. The van der Waals surface area contributed by atoms with Gasteiger partial charge in [0.05, 0.1) is 23.5 Å². The molecule has 4 aliphatic carbocycles. The highest BCUT2D eigenvalue weighted by atomic mass is 35.5. The molecule has 5 heteroatoms. The number of nitrogens with one attached hydrogen (secondary N) is 1. The third-order valence-electron chi connectivity index (χ3n) is 6.16. The summed E-state index contributed by atoms with van der Waals surface area (Å²) in [5, 5.41) is 7.79. The number of nitrogens with zero attached hydrogens (tertiary/aromatic N) is 2. The Morgan fingerprint density at radius 3 is 2.41 bits per heavy atom. The van der Waals surface area contributed by atoms with Crippen LogP contribution in [0.25, 0.3) is 0 Å². The first-order chi connectivity index (χ1) is 10.5. The summed E-state index contributed by atoms with van der Waals surface area (Å²) in [5.41, 5.74) is 1.18. The third kappa shape index (κ3) is 2.55. The van der Waals surface area contributed by atoms with Gasteiger partial charge in [-0.05, 0) is 61.7 Å².